The van der Waals surface area contributed by atoms with Crippen molar-refractivity contribution in [2.75, 3.05) is 6.61 Å². The Labute approximate surface area is 168 Å². The Morgan fingerprint density at radius 1 is 1.04 bits per heavy atom. The van der Waals surface area contributed by atoms with Crippen molar-refractivity contribution in [1.82, 2.24) is 0 Å². The van der Waals surface area contributed by atoms with Crippen LogP contribution in [0.25, 0.3) is 11.1 Å². The fraction of sp³-hybridized carbons (Fsp3) is 0.381. The lowest BCUT2D eigenvalue weighted by Crippen LogP contribution is -2.34. The maximum absolute atomic E-state index is 11.4. The first kappa shape index (κ1) is 21.6. The number of benzene rings is 1. The molecular weight excluding hydrogens is 378 g/mol. The summed E-state index contributed by atoms with van der Waals surface area (Å²) in [5, 5.41) is 4.13. The zero-order chi connectivity index (χ0) is 20.5. The van der Waals surface area contributed by atoms with E-state index in [1.807, 2.05) is 17.5 Å². The van der Waals surface area contributed by atoms with Gasteiger partial charge >= 0.3 is 11.9 Å². The lowest BCUT2D eigenvalue weighted by molar-refractivity contribution is -0.154. The van der Waals surface area contributed by atoms with Crippen LogP contribution in [0.4, 0.5) is 0 Å². The van der Waals surface area contributed by atoms with Gasteiger partial charge in [0.25, 0.3) is 0 Å². The monoisotopic (exact) mass is 403 g/mol. The molecule has 0 aliphatic rings. The normalized spacial score (nSPS) is 12.8. The van der Waals surface area contributed by atoms with Crippen LogP contribution in [0.1, 0.15) is 32.3 Å². The van der Waals surface area contributed by atoms with E-state index in [4.69, 9.17) is 15.2 Å². The number of carbonyl (C=O) groups excluding carboxylic acids is 3. The number of carbonyl (C=O) groups is 3. The van der Waals surface area contributed by atoms with Gasteiger partial charge in [-0.2, -0.15) is 11.3 Å². The van der Waals surface area contributed by atoms with Crippen LogP contribution in [0.3, 0.4) is 0 Å². The molecule has 0 fully saturated rings. The highest BCUT2D eigenvalue weighted by molar-refractivity contribution is 7.08. The van der Waals surface area contributed by atoms with Gasteiger partial charge in [0.05, 0.1) is 13.0 Å². The smallest absolute Gasteiger partial charge is 0.302 e. The Kier molecular flexibility index (Phi) is 8.19. The summed E-state index contributed by atoms with van der Waals surface area (Å²) >= 11 is 1.65. The molecule has 2 rings (SSSR count). The van der Waals surface area contributed by atoms with Crippen molar-refractivity contribution in [1.29, 1.82) is 0 Å². The van der Waals surface area contributed by atoms with Crippen LogP contribution >= 0.6 is 11.3 Å². The number of thiophene rings is 1. The van der Waals surface area contributed by atoms with Crippen LogP contribution in [-0.2, 0) is 30.3 Å². The van der Waals surface area contributed by atoms with E-state index in [0.717, 1.165) is 11.1 Å². The van der Waals surface area contributed by atoms with Crippen molar-refractivity contribution in [2.24, 2.45) is 11.7 Å². The Morgan fingerprint density at radius 2 is 1.75 bits per heavy atom. The van der Waals surface area contributed by atoms with Gasteiger partial charge in [-0.25, -0.2) is 0 Å². The molecule has 7 heteroatoms. The van der Waals surface area contributed by atoms with Gasteiger partial charge in [-0.3, -0.25) is 14.4 Å². The standard InChI is InChI=1S/C21H25NO5S/c1-14(23)26-12-18(20(11-21(22)25)27-15(2)24)8-5-16-3-6-17(7-4-16)19-9-10-28-13-19/h3-4,6-7,9-10,13,18,20H,5,8,11-12H2,1-2H3,(H2,22,25). The summed E-state index contributed by atoms with van der Waals surface area (Å²) in [5.41, 5.74) is 8.73. The van der Waals surface area contributed by atoms with Crippen molar-refractivity contribution in [3.63, 3.8) is 0 Å². The minimum absolute atomic E-state index is 0.0630. The summed E-state index contributed by atoms with van der Waals surface area (Å²) < 4.78 is 10.4. The summed E-state index contributed by atoms with van der Waals surface area (Å²) in [6.07, 6.45) is 0.435. The average molecular weight is 404 g/mol. The number of rotatable bonds is 10. The fourth-order valence-electron chi connectivity index (χ4n) is 2.96. The number of hydrogen-bond donors (Lipinski definition) is 1. The highest BCUT2D eigenvalue weighted by Crippen LogP contribution is 2.24. The first-order valence-corrected chi connectivity index (χ1v) is 10.00. The summed E-state index contributed by atoms with van der Waals surface area (Å²) in [5.74, 6) is -1.82. The Balaban J connectivity index is 2.06. The second-order valence-electron chi connectivity index (χ2n) is 6.63. The molecule has 1 heterocycles. The molecule has 1 amide bonds. The molecule has 0 aliphatic carbocycles. The zero-order valence-corrected chi connectivity index (χ0v) is 16.9. The van der Waals surface area contributed by atoms with Crippen molar-refractivity contribution >= 4 is 29.2 Å². The molecule has 6 nitrogen and oxygen atoms in total. The lowest BCUT2D eigenvalue weighted by Gasteiger charge is -2.25. The van der Waals surface area contributed by atoms with Gasteiger partial charge < -0.3 is 15.2 Å². The minimum Gasteiger partial charge on any atom is -0.465 e. The molecule has 1 aromatic carbocycles. The number of amides is 1. The van der Waals surface area contributed by atoms with E-state index in [-0.39, 0.29) is 18.9 Å². The van der Waals surface area contributed by atoms with E-state index in [1.54, 1.807) is 11.3 Å². The quantitative estimate of drug-likeness (QED) is 0.614. The van der Waals surface area contributed by atoms with E-state index in [9.17, 15) is 14.4 Å². The molecule has 1 aromatic heterocycles. The van der Waals surface area contributed by atoms with Gasteiger partial charge in [-0.05, 0) is 46.4 Å². The number of aryl methyl sites for hydroxylation is 1. The van der Waals surface area contributed by atoms with Crippen LogP contribution < -0.4 is 5.73 Å². The molecule has 28 heavy (non-hydrogen) atoms. The van der Waals surface area contributed by atoms with E-state index < -0.39 is 23.9 Å². The lowest BCUT2D eigenvalue weighted by atomic mass is 9.92. The molecule has 2 unspecified atom stereocenters. The first-order valence-electron chi connectivity index (χ1n) is 9.05. The van der Waals surface area contributed by atoms with Crippen molar-refractivity contribution < 1.29 is 23.9 Å². The molecule has 150 valence electrons. The van der Waals surface area contributed by atoms with Gasteiger partial charge in [0, 0.05) is 19.8 Å². The maximum atomic E-state index is 11.4. The molecular formula is C21H25NO5S. The van der Waals surface area contributed by atoms with Crippen molar-refractivity contribution in [3.05, 3.63) is 46.7 Å². The predicted molar refractivity (Wildman–Crippen MR) is 108 cm³/mol. The van der Waals surface area contributed by atoms with Crippen LogP contribution in [0.5, 0.6) is 0 Å². The second-order valence-corrected chi connectivity index (χ2v) is 7.41. The third kappa shape index (κ3) is 7.15. The topological polar surface area (TPSA) is 95.7 Å². The van der Waals surface area contributed by atoms with Gasteiger partial charge in [-0.1, -0.05) is 24.3 Å². The van der Waals surface area contributed by atoms with E-state index in [1.165, 1.54) is 19.4 Å². The number of ether oxygens (including phenoxy) is 2. The third-order valence-corrected chi connectivity index (χ3v) is 5.04. The van der Waals surface area contributed by atoms with Crippen molar-refractivity contribution in [2.45, 2.75) is 39.2 Å². The van der Waals surface area contributed by atoms with Gasteiger partial charge in [0.2, 0.25) is 5.91 Å². The Morgan fingerprint density at radius 3 is 2.29 bits per heavy atom. The van der Waals surface area contributed by atoms with Crippen molar-refractivity contribution in [3.8, 4) is 11.1 Å². The molecule has 2 aromatic rings. The predicted octanol–water partition coefficient (Wildman–Crippen LogP) is 3.33. The second kappa shape index (κ2) is 10.6. The SMILES string of the molecule is CC(=O)OCC(CCc1ccc(-c2ccsc2)cc1)C(CC(N)=O)OC(C)=O. The van der Waals surface area contributed by atoms with E-state index in [2.05, 4.69) is 23.6 Å². The van der Waals surface area contributed by atoms with Crippen LogP contribution in [0.2, 0.25) is 0 Å². The molecule has 2 N–H and O–H groups in total. The zero-order valence-electron chi connectivity index (χ0n) is 16.1. The minimum atomic E-state index is -0.723. The molecule has 0 spiro atoms. The highest BCUT2D eigenvalue weighted by Gasteiger charge is 2.27. The molecule has 2 atom stereocenters. The van der Waals surface area contributed by atoms with Gasteiger partial charge in [-0.15, -0.1) is 0 Å². The molecule has 0 aliphatic heterocycles. The highest BCUT2D eigenvalue weighted by atomic mass is 32.1. The number of esters is 2. The molecule has 0 bridgehead atoms. The summed E-state index contributed by atoms with van der Waals surface area (Å²) in [7, 11) is 0. The summed E-state index contributed by atoms with van der Waals surface area (Å²) in [6.45, 7) is 2.66. The Hall–Kier alpha value is -2.67. The average Bonchev–Trinajstić information content (AvgIpc) is 3.15. The largest absolute Gasteiger partial charge is 0.465 e. The van der Waals surface area contributed by atoms with E-state index in [0.29, 0.717) is 12.8 Å². The van der Waals surface area contributed by atoms with Crippen LogP contribution in [-0.4, -0.2) is 30.6 Å². The third-order valence-electron chi connectivity index (χ3n) is 4.36. The van der Waals surface area contributed by atoms with Crippen LogP contribution in [0, 0.1) is 5.92 Å². The van der Waals surface area contributed by atoms with Gasteiger partial charge in [0.1, 0.15) is 6.10 Å². The summed E-state index contributed by atoms with van der Waals surface area (Å²) in [4.78, 5) is 34.0. The van der Waals surface area contributed by atoms with Gasteiger partial charge in [0.15, 0.2) is 0 Å². The molecule has 0 saturated carbocycles. The summed E-state index contributed by atoms with van der Waals surface area (Å²) in [6, 6.07) is 10.3. The van der Waals surface area contributed by atoms with Crippen LogP contribution in [0.15, 0.2) is 41.1 Å². The maximum Gasteiger partial charge on any atom is 0.302 e. The Bertz CT molecular complexity index is 770. The number of nitrogens with two attached hydrogens (primary N) is 1. The number of primary amides is 1. The fourth-order valence-corrected chi connectivity index (χ4v) is 3.63. The first-order chi connectivity index (χ1) is 13.3. The van der Waals surface area contributed by atoms with E-state index >= 15 is 0 Å². The number of hydrogen-bond acceptors (Lipinski definition) is 6. The molecule has 0 radical (unpaired) electrons. The molecule has 0 saturated heterocycles.